The molecule has 4 rings (SSSR count). The first-order valence-electron chi connectivity index (χ1n) is 6.38. The normalized spacial score (nSPS) is 12.2. The second-order valence-corrected chi connectivity index (χ2v) is 7.47. The predicted molar refractivity (Wildman–Crippen MR) is 86.1 cm³/mol. The maximum atomic E-state index is 11.4. The van der Waals surface area contributed by atoms with E-state index in [-0.39, 0.29) is 4.90 Å². The summed E-state index contributed by atoms with van der Waals surface area (Å²) < 4.78 is 23.9. The standard InChI is InChI=1S/C14H10N4O2S2/c15-22(19,20)9-6-10-13(16-7-9)18-14(17-10)12-5-8-3-1-2-4-11(8)21-12/h1-7H,(H2,15,19,20)(H,16,17,18). The van der Waals surface area contributed by atoms with Gasteiger partial charge in [0.05, 0.1) is 10.4 Å². The number of sulfonamides is 1. The first kappa shape index (κ1) is 13.4. The van der Waals surface area contributed by atoms with Crippen LogP contribution in [0, 0.1) is 0 Å². The fourth-order valence-corrected chi connectivity index (χ4v) is 3.74. The SMILES string of the molecule is NS(=O)(=O)c1cnc2nc(-c3cc4ccccc4s3)[nH]c2c1. The van der Waals surface area contributed by atoms with E-state index in [0.717, 1.165) is 15.0 Å². The molecule has 0 bridgehead atoms. The van der Waals surface area contributed by atoms with Gasteiger partial charge in [-0.3, -0.25) is 0 Å². The summed E-state index contributed by atoms with van der Waals surface area (Å²) in [5.41, 5.74) is 0.999. The number of fused-ring (bicyclic) bond motifs is 2. The Kier molecular flexibility index (Phi) is 2.80. The van der Waals surface area contributed by atoms with Crippen LogP contribution in [0.3, 0.4) is 0 Å². The second-order valence-electron chi connectivity index (χ2n) is 4.82. The maximum Gasteiger partial charge on any atom is 0.239 e. The Morgan fingerprint density at radius 2 is 2.00 bits per heavy atom. The zero-order valence-electron chi connectivity index (χ0n) is 11.1. The van der Waals surface area contributed by atoms with Gasteiger partial charge in [0.2, 0.25) is 10.0 Å². The molecule has 1 aromatic carbocycles. The van der Waals surface area contributed by atoms with E-state index < -0.39 is 10.0 Å². The Morgan fingerprint density at radius 3 is 2.77 bits per heavy atom. The molecule has 0 saturated carbocycles. The van der Waals surface area contributed by atoms with Crippen molar-refractivity contribution in [2.45, 2.75) is 4.90 Å². The molecule has 4 aromatic rings. The summed E-state index contributed by atoms with van der Waals surface area (Å²) in [6, 6.07) is 11.5. The molecule has 8 heteroatoms. The average Bonchev–Trinajstić information content (AvgIpc) is 3.08. The van der Waals surface area contributed by atoms with Crippen LogP contribution in [0.15, 0.2) is 47.5 Å². The Hall–Kier alpha value is -2.29. The smallest absolute Gasteiger partial charge is 0.239 e. The fraction of sp³-hybridized carbons (Fsp3) is 0. The second kappa shape index (κ2) is 4.60. The highest BCUT2D eigenvalue weighted by Gasteiger charge is 2.13. The first-order valence-corrected chi connectivity index (χ1v) is 8.74. The number of aromatic nitrogens is 3. The third kappa shape index (κ3) is 2.17. The van der Waals surface area contributed by atoms with E-state index in [1.807, 2.05) is 30.3 Å². The van der Waals surface area contributed by atoms with Gasteiger partial charge in [-0.05, 0) is 23.6 Å². The fourth-order valence-electron chi connectivity index (χ4n) is 2.25. The molecule has 0 atom stereocenters. The van der Waals surface area contributed by atoms with Crippen molar-refractivity contribution in [2.75, 3.05) is 0 Å². The van der Waals surface area contributed by atoms with E-state index in [1.54, 1.807) is 11.3 Å². The number of nitrogens with one attached hydrogen (secondary N) is 1. The van der Waals surface area contributed by atoms with Crippen molar-refractivity contribution in [1.82, 2.24) is 15.0 Å². The molecule has 0 spiro atoms. The average molecular weight is 330 g/mol. The summed E-state index contributed by atoms with van der Waals surface area (Å²) in [7, 11) is -3.78. The lowest BCUT2D eigenvalue weighted by Crippen LogP contribution is -2.12. The number of H-pyrrole nitrogens is 1. The van der Waals surface area contributed by atoms with Gasteiger partial charge in [-0.2, -0.15) is 0 Å². The molecule has 6 nitrogen and oxygen atoms in total. The van der Waals surface area contributed by atoms with Crippen LogP contribution in [0.1, 0.15) is 0 Å². The zero-order chi connectivity index (χ0) is 15.3. The predicted octanol–water partition coefficient (Wildman–Crippen LogP) is 2.49. The molecule has 0 aliphatic heterocycles. The highest BCUT2D eigenvalue weighted by Crippen LogP contribution is 2.32. The maximum absolute atomic E-state index is 11.4. The van der Waals surface area contributed by atoms with E-state index in [9.17, 15) is 8.42 Å². The van der Waals surface area contributed by atoms with Gasteiger partial charge in [0.15, 0.2) is 11.5 Å². The molecule has 0 saturated heterocycles. The molecule has 0 fully saturated rings. The van der Waals surface area contributed by atoms with Crippen molar-refractivity contribution in [3.05, 3.63) is 42.6 Å². The third-order valence-corrected chi connectivity index (χ3v) is 5.30. The molecule has 0 aliphatic rings. The van der Waals surface area contributed by atoms with Gasteiger partial charge in [-0.15, -0.1) is 11.3 Å². The molecule has 0 amide bonds. The monoisotopic (exact) mass is 330 g/mol. The summed E-state index contributed by atoms with van der Waals surface area (Å²) in [6.45, 7) is 0. The number of rotatable bonds is 2. The number of nitrogens with zero attached hydrogens (tertiary/aromatic N) is 2. The number of benzene rings is 1. The summed E-state index contributed by atoms with van der Waals surface area (Å²) >= 11 is 1.61. The zero-order valence-corrected chi connectivity index (χ0v) is 12.8. The van der Waals surface area contributed by atoms with E-state index >= 15 is 0 Å². The molecule has 22 heavy (non-hydrogen) atoms. The van der Waals surface area contributed by atoms with Crippen LogP contribution >= 0.6 is 11.3 Å². The molecule has 0 unspecified atom stereocenters. The largest absolute Gasteiger partial charge is 0.336 e. The summed E-state index contributed by atoms with van der Waals surface area (Å²) in [5, 5.41) is 6.26. The third-order valence-electron chi connectivity index (χ3n) is 3.30. The van der Waals surface area contributed by atoms with Crippen molar-refractivity contribution < 1.29 is 8.42 Å². The number of thiophene rings is 1. The highest BCUT2D eigenvalue weighted by atomic mass is 32.2. The number of nitrogens with two attached hydrogens (primary N) is 1. The molecule has 3 aromatic heterocycles. The van der Waals surface area contributed by atoms with Crippen molar-refractivity contribution >= 4 is 42.6 Å². The summed E-state index contributed by atoms with van der Waals surface area (Å²) in [5.74, 6) is 0.662. The highest BCUT2D eigenvalue weighted by molar-refractivity contribution is 7.89. The van der Waals surface area contributed by atoms with Gasteiger partial charge < -0.3 is 4.98 Å². The number of hydrogen-bond donors (Lipinski definition) is 2. The van der Waals surface area contributed by atoms with Gasteiger partial charge in [-0.1, -0.05) is 18.2 Å². The number of imidazole rings is 1. The van der Waals surface area contributed by atoms with Gasteiger partial charge in [-0.25, -0.2) is 23.5 Å². The molecular formula is C14H10N4O2S2. The lowest BCUT2D eigenvalue weighted by molar-refractivity contribution is 0.597. The van der Waals surface area contributed by atoms with Crippen LogP contribution in [0.4, 0.5) is 0 Å². The molecule has 110 valence electrons. The molecular weight excluding hydrogens is 320 g/mol. The van der Waals surface area contributed by atoms with Crippen LogP contribution in [-0.2, 0) is 10.0 Å². The van der Waals surface area contributed by atoms with E-state index in [0.29, 0.717) is 17.0 Å². The number of primary sulfonamides is 1. The quantitative estimate of drug-likeness (QED) is 0.589. The van der Waals surface area contributed by atoms with Crippen molar-refractivity contribution in [1.29, 1.82) is 0 Å². The minimum absolute atomic E-state index is 0.0356. The summed E-state index contributed by atoms with van der Waals surface area (Å²) in [6.07, 6.45) is 1.22. The lowest BCUT2D eigenvalue weighted by atomic mass is 10.2. The van der Waals surface area contributed by atoms with Crippen LogP contribution in [-0.4, -0.2) is 23.4 Å². The summed E-state index contributed by atoms with van der Waals surface area (Å²) in [4.78, 5) is 12.5. The number of pyridine rings is 1. The van der Waals surface area contributed by atoms with Crippen LogP contribution in [0.2, 0.25) is 0 Å². The number of aromatic amines is 1. The van der Waals surface area contributed by atoms with E-state index in [4.69, 9.17) is 5.14 Å². The van der Waals surface area contributed by atoms with Crippen LogP contribution < -0.4 is 5.14 Å². The molecule has 0 radical (unpaired) electrons. The van der Waals surface area contributed by atoms with Crippen LogP contribution in [0.25, 0.3) is 32.0 Å². The van der Waals surface area contributed by atoms with Crippen molar-refractivity contribution in [3.8, 4) is 10.7 Å². The Bertz CT molecular complexity index is 1080. The minimum Gasteiger partial charge on any atom is -0.336 e. The van der Waals surface area contributed by atoms with E-state index in [1.165, 1.54) is 12.3 Å². The Balaban J connectivity index is 1.88. The molecule has 0 aliphatic carbocycles. The van der Waals surface area contributed by atoms with Gasteiger partial charge in [0, 0.05) is 10.9 Å². The number of hydrogen-bond acceptors (Lipinski definition) is 5. The Labute approximate surface area is 129 Å². The van der Waals surface area contributed by atoms with Gasteiger partial charge in [0.25, 0.3) is 0 Å². The Morgan fingerprint density at radius 1 is 1.18 bits per heavy atom. The molecule has 3 heterocycles. The van der Waals surface area contributed by atoms with Gasteiger partial charge >= 0.3 is 0 Å². The van der Waals surface area contributed by atoms with Crippen molar-refractivity contribution in [2.24, 2.45) is 5.14 Å². The van der Waals surface area contributed by atoms with Crippen molar-refractivity contribution in [3.63, 3.8) is 0 Å². The van der Waals surface area contributed by atoms with Gasteiger partial charge in [0.1, 0.15) is 4.90 Å². The van der Waals surface area contributed by atoms with E-state index in [2.05, 4.69) is 15.0 Å². The molecule has 3 N–H and O–H groups in total. The lowest BCUT2D eigenvalue weighted by Gasteiger charge is -1.95. The first-order chi connectivity index (χ1) is 10.5. The van der Waals surface area contributed by atoms with Crippen LogP contribution in [0.5, 0.6) is 0 Å². The minimum atomic E-state index is -3.78. The topological polar surface area (TPSA) is 102 Å².